The van der Waals surface area contributed by atoms with Crippen LogP contribution in [-0.4, -0.2) is 45.5 Å². The van der Waals surface area contributed by atoms with E-state index in [9.17, 15) is 4.79 Å². The quantitative estimate of drug-likeness (QED) is 0.804. The van der Waals surface area contributed by atoms with E-state index < -0.39 is 0 Å². The number of aliphatic hydroxyl groups excluding tert-OH is 1. The van der Waals surface area contributed by atoms with E-state index >= 15 is 0 Å². The summed E-state index contributed by atoms with van der Waals surface area (Å²) in [5.74, 6) is 0. The fourth-order valence-electron chi connectivity index (χ4n) is 2.00. The first kappa shape index (κ1) is 16.1. The van der Waals surface area contributed by atoms with Crippen molar-refractivity contribution in [2.45, 2.75) is 0 Å². The lowest BCUT2D eigenvalue weighted by Crippen LogP contribution is -2.37. The minimum atomic E-state index is -0.343. The van der Waals surface area contributed by atoms with Gasteiger partial charge in [-0.25, -0.2) is 9.48 Å². The second-order valence-corrected chi connectivity index (χ2v) is 4.88. The lowest BCUT2D eigenvalue weighted by Gasteiger charge is -2.21. The molecule has 0 atom stereocenters. The van der Waals surface area contributed by atoms with E-state index in [0.29, 0.717) is 22.9 Å². The average molecular weight is 321 g/mol. The molecular weight excluding hydrogens is 304 g/mol. The van der Waals surface area contributed by atoms with Crippen molar-refractivity contribution in [3.63, 3.8) is 0 Å². The predicted octanol–water partition coefficient (Wildman–Crippen LogP) is 2.54. The summed E-state index contributed by atoms with van der Waals surface area (Å²) in [6.45, 7) is 4.04. The molecule has 1 aromatic carbocycles. The Balaban J connectivity index is 2.28. The number of carbonyl (C=O) groups excluding carboxylic acids is 1. The van der Waals surface area contributed by atoms with Crippen molar-refractivity contribution in [2.24, 2.45) is 0 Å². The SMILES string of the molecule is C=CCN(CCO)C(=O)Nc1cccc(Cl)c1-n1cccn1. The highest BCUT2D eigenvalue weighted by Gasteiger charge is 2.16. The Bertz CT molecular complexity index is 643. The molecule has 2 amide bonds. The fourth-order valence-corrected chi connectivity index (χ4v) is 2.26. The third-order valence-electron chi connectivity index (χ3n) is 2.97. The molecule has 1 heterocycles. The highest BCUT2D eigenvalue weighted by Crippen LogP contribution is 2.28. The van der Waals surface area contributed by atoms with Gasteiger partial charge in [0.05, 0.1) is 17.3 Å². The van der Waals surface area contributed by atoms with Crippen LogP contribution in [-0.2, 0) is 0 Å². The second kappa shape index (κ2) is 7.63. The molecule has 7 heteroatoms. The van der Waals surface area contributed by atoms with Crippen LogP contribution in [0.1, 0.15) is 0 Å². The summed E-state index contributed by atoms with van der Waals surface area (Å²) in [6.07, 6.45) is 4.97. The summed E-state index contributed by atoms with van der Waals surface area (Å²) >= 11 is 6.22. The maximum atomic E-state index is 12.3. The van der Waals surface area contributed by atoms with Gasteiger partial charge in [-0.15, -0.1) is 6.58 Å². The van der Waals surface area contributed by atoms with E-state index in [1.54, 1.807) is 47.4 Å². The molecule has 2 N–H and O–H groups in total. The number of halogens is 1. The van der Waals surface area contributed by atoms with Crippen molar-refractivity contribution < 1.29 is 9.90 Å². The molecule has 6 nitrogen and oxygen atoms in total. The zero-order valence-electron chi connectivity index (χ0n) is 11.9. The van der Waals surface area contributed by atoms with Crippen molar-refractivity contribution in [3.05, 3.63) is 54.3 Å². The zero-order chi connectivity index (χ0) is 15.9. The van der Waals surface area contributed by atoms with Gasteiger partial charge in [-0.2, -0.15) is 5.10 Å². The van der Waals surface area contributed by atoms with Crippen molar-refractivity contribution in [2.75, 3.05) is 25.0 Å². The van der Waals surface area contributed by atoms with Crippen LogP contribution in [0, 0.1) is 0 Å². The van der Waals surface area contributed by atoms with Gasteiger partial charge in [-0.1, -0.05) is 23.7 Å². The van der Waals surface area contributed by atoms with Crippen LogP contribution in [0.5, 0.6) is 0 Å². The fraction of sp³-hybridized carbons (Fsp3) is 0.200. The van der Waals surface area contributed by atoms with Crippen LogP contribution in [0.25, 0.3) is 5.69 Å². The Kier molecular flexibility index (Phi) is 5.57. The van der Waals surface area contributed by atoms with E-state index in [1.807, 2.05) is 0 Å². The maximum absolute atomic E-state index is 12.3. The monoisotopic (exact) mass is 320 g/mol. The number of rotatable bonds is 6. The van der Waals surface area contributed by atoms with Crippen LogP contribution >= 0.6 is 11.6 Å². The van der Waals surface area contributed by atoms with Gasteiger partial charge in [-0.05, 0) is 18.2 Å². The predicted molar refractivity (Wildman–Crippen MR) is 86.4 cm³/mol. The summed E-state index contributed by atoms with van der Waals surface area (Å²) in [5, 5.41) is 16.4. The molecule has 0 spiro atoms. The number of benzene rings is 1. The highest BCUT2D eigenvalue weighted by atomic mass is 35.5. The Morgan fingerprint density at radius 3 is 2.95 bits per heavy atom. The first-order valence-electron chi connectivity index (χ1n) is 6.73. The molecule has 0 saturated heterocycles. The first-order chi connectivity index (χ1) is 10.7. The average Bonchev–Trinajstić information content (AvgIpc) is 3.01. The van der Waals surface area contributed by atoms with Crippen molar-refractivity contribution in [1.29, 1.82) is 0 Å². The molecule has 2 aromatic rings. The second-order valence-electron chi connectivity index (χ2n) is 4.48. The minimum absolute atomic E-state index is 0.122. The lowest BCUT2D eigenvalue weighted by molar-refractivity contribution is 0.195. The normalized spacial score (nSPS) is 10.3. The third-order valence-corrected chi connectivity index (χ3v) is 3.27. The van der Waals surface area contributed by atoms with Gasteiger partial charge in [0, 0.05) is 25.5 Å². The standard InChI is InChI=1S/C15H17ClN4O2/c1-2-8-19(10-11-21)15(22)18-13-6-3-5-12(16)14(13)20-9-4-7-17-20/h2-7,9,21H,1,8,10-11H2,(H,18,22). The third kappa shape index (κ3) is 3.66. The number of nitrogens with zero attached hydrogens (tertiary/aromatic N) is 3. The van der Waals surface area contributed by atoms with E-state index in [2.05, 4.69) is 17.0 Å². The molecule has 2 rings (SSSR count). The molecule has 0 aliphatic carbocycles. The Morgan fingerprint density at radius 1 is 1.50 bits per heavy atom. The molecule has 22 heavy (non-hydrogen) atoms. The summed E-state index contributed by atoms with van der Waals surface area (Å²) in [6, 6.07) is 6.64. The number of carbonyl (C=O) groups is 1. The number of anilines is 1. The van der Waals surface area contributed by atoms with Crippen molar-refractivity contribution in [3.8, 4) is 5.69 Å². The molecule has 0 radical (unpaired) electrons. The molecule has 0 aliphatic heterocycles. The highest BCUT2D eigenvalue weighted by molar-refractivity contribution is 6.33. The summed E-state index contributed by atoms with van der Waals surface area (Å²) in [4.78, 5) is 13.8. The van der Waals surface area contributed by atoms with E-state index in [1.165, 1.54) is 4.90 Å². The van der Waals surface area contributed by atoms with Gasteiger partial charge in [0.1, 0.15) is 5.69 Å². The van der Waals surface area contributed by atoms with Crippen LogP contribution in [0.15, 0.2) is 49.3 Å². The Hall–Kier alpha value is -2.31. The van der Waals surface area contributed by atoms with E-state index in [0.717, 1.165) is 0 Å². The minimum Gasteiger partial charge on any atom is -0.395 e. The van der Waals surface area contributed by atoms with E-state index in [-0.39, 0.29) is 19.2 Å². The molecule has 116 valence electrons. The van der Waals surface area contributed by atoms with Crippen LogP contribution in [0.3, 0.4) is 0 Å². The van der Waals surface area contributed by atoms with Crippen molar-refractivity contribution >= 4 is 23.3 Å². The van der Waals surface area contributed by atoms with Gasteiger partial charge in [0.25, 0.3) is 0 Å². The Morgan fingerprint density at radius 2 is 2.32 bits per heavy atom. The summed E-state index contributed by atoms with van der Waals surface area (Å²) in [7, 11) is 0. The van der Waals surface area contributed by atoms with Gasteiger partial charge in [0.15, 0.2) is 0 Å². The molecular formula is C15H17ClN4O2. The van der Waals surface area contributed by atoms with E-state index in [4.69, 9.17) is 16.7 Å². The first-order valence-corrected chi connectivity index (χ1v) is 7.11. The smallest absolute Gasteiger partial charge is 0.322 e. The topological polar surface area (TPSA) is 70.4 Å². The van der Waals surface area contributed by atoms with Crippen LogP contribution < -0.4 is 5.32 Å². The lowest BCUT2D eigenvalue weighted by atomic mass is 10.2. The molecule has 0 bridgehead atoms. The molecule has 1 aromatic heterocycles. The van der Waals surface area contributed by atoms with Gasteiger partial charge >= 0.3 is 6.03 Å². The largest absolute Gasteiger partial charge is 0.395 e. The number of aromatic nitrogens is 2. The van der Waals surface area contributed by atoms with Crippen molar-refractivity contribution in [1.82, 2.24) is 14.7 Å². The van der Waals surface area contributed by atoms with Crippen LogP contribution in [0.4, 0.5) is 10.5 Å². The number of amides is 2. The molecule has 0 aliphatic rings. The van der Waals surface area contributed by atoms with Gasteiger partial charge in [-0.3, -0.25) is 0 Å². The summed E-state index contributed by atoms with van der Waals surface area (Å²) < 4.78 is 1.59. The molecule has 0 saturated carbocycles. The number of nitrogens with one attached hydrogen (secondary N) is 1. The zero-order valence-corrected chi connectivity index (χ0v) is 12.7. The van der Waals surface area contributed by atoms with Gasteiger partial charge < -0.3 is 15.3 Å². The maximum Gasteiger partial charge on any atom is 0.322 e. The molecule has 0 unspecified atom stereocenters. The number of hydrogen-bond donors (Lipinski definition) is 2. The van der Waals surface area contributed by atoms with Gasteiger partial charge in [0.2, 0.25) is 0 Å². The van der Waals surface area contributed by atoms with Crippen LogP contribution in [0.2, 0.25) is 5.02 Å². The molecule has 0 fully saturated rings. The number of urea groups is 1. The Labute approximate surface area is 133 Å². The number of hydrogen-bond acceptors (Lipinski definition) is 3. The number of para-hydroxylation sites is 1. The number of aliphatic hydroxyl groups is 1. The summed E-state index contributed by atoms with van der Waals surface area (Å²) in [5.41, 5.74) is 1.12.